The van der Waals surface area contributed by atoms with Gasteiger partial charge in [-0.15, -0.1) is 24.8 Å². The van der Waals surface area contributed by atoms with Crippen LogP contribution in [0.25, 0.3) is 11.0 Å². The van der Waals surface area contributed by atoms with E-state index in [1.807, 2.05) is 56.4 Å². The fraction of sp³-hybridized carbons (Fsp3) is 0.385. The van der Waals surface area contributed by atoms with Crippen LogP contribution in [0.15, 0.2) is 47.3 Å². The Bertz CT molecular complexity index is 1320. The van der Waals surface area contributed by atoms with Crippen LogP contribution in [-0.4, -0.2) is 65.3 Å². The van der Waals surface area contributed by atoms with Gasteiger partial charge in [-0.1, -0.05) is 30.3 Å². The average Bonchev–Trinajstić information content (AvgIpc) is 3.62. The first-order chi connectivity index (χ1) is 16.1. The van der Waals surface area contributed by atoms with Gasteiger partial charge in [-0.2, -0.15) is 0 Å². The lowest BCUT2D eigenvalue weighted by Crippen LogP contribution is -2.40. The molecule has 10 heteroatoms. The number of nitrogen functional groups attached to an aromatic ring is 1. The van der Waals surface area contributed by atoms with Gasteiger partial charge in [0.05, 0.1) is 16.4 Å². The lowest BCUT2D eigenvalue weighted by molar-refractivity contribution is -0.132. The van der Waals surface area contributed by atoms with Crippen molar-refractivity contribution in [3.05, 3.63) is 75.2 Å². The summed E-state index contributed by atoms with van der Waals surface area (Å²) in [5.41, 5.74) is 9.33. The van der Waals surface area contributed by atoms with E-state index in [2.05, 4.69) is 4.90 Å². The molecule has 36 heavy (non-hydrogen) atoms. The highest BCUT2D eigenvalue weighted by Crippen LogP contribution is 2.49. The second-order valence-corrected chi connectivity index (χ2v) is 9.53. The number of hydrogen-bond donors (Lipinski definition) is 2. The molecule has 1 aliphatic rings. The Balaban J connectivity index is 0.00000228. The zero-order chi connectivity index (χ0) is 24.6. The fourth-order valence-electron chi connectivity index (χ4n) is 4.37. The summed E-state index contributed by atoms with van der Waals surface area (Å²) < 4.78 is 1.62. The monoisotopic (exact) mass is 532 g/mol. The van der Waals surface area contributed by atoms with Crippen LogP contribution in [0.4, 0.5) is 0 Å². The molecule has 3 aromatic rings. The summed E-state index contributed by atoms with van der Waals surface area (Å²) >= 11 is 0. The van der Waals surface area contributed by atoms with E-state index in [-0.39, 0.29) is 42.1 Å². The van der Waals surface area contributed by atoms with Crippen molar-refractivity contribution >= 4 is 47.6 Å². The highest BCUT2D eigenvalue weighted by molar-refractivity contribution is 5.95. The van der Waals surface area contributed by atoms with Gasteiger partial charge in [0.25, 0.3) is 5.56 Å². The third-order valence-electron chi connectivity index (χ3n) is 6.72. The number of carbonyl (C=O) groups excluding carboxylic acids is 1. The number of carbonyl (C=O) groups is 1. The molecule has 0 atom stereocenters. The van der Waals surface area contributed by atoms with Gasteiger partial charge in [-0.05, 0) is 50.2 Å². The molecule has 3 N–H and O–H groups in total. The van der Waals surface area contributed by atoms with Crippen LogP contribution < -0.4 is 11.3 Å². The van der Waals surface area contributed by atoms with Gasteiger partial charge in [0, 0.05) is 39.2 Å². The number of benzene rings is 2. The van der Waals surface area contributed by atoms with Gasteiger partial charge >= 0.3 is 0 Å². The summed E-state index contributed by atoms with van der Waals surface area (Å²) in [5, 5.41) is 7.54. The molecular formula is C26H34Cl2N6O2. The zero-order valence-electron chi connectivity index (χ0n) is 21.1. The van der Waals surface area contributed by atoms with E-state index >= 15 is 0 Å². The number of fused-ring (bicyclic) bond motifs is 1. The number of nitrogens with two attached hydrogens (primary N) is 1. The zero-order valence-corrected chi connectivity index (χ0v) is 22.7. The number of aromatic nitrogens is 2. The first-order valence-electron chi connectivity index (χ1n) is 11.5. The van der Waals surface area contributed by atoms with Crippen molar-refractivity contribution in [2.24, 2.45) is 12.8 Å². The maximum atomic E-state index is 13.3. The van der Waals surface area contributed by atoms with Crippen LogP contribution in [0.3, 0.4) is 0 Å². The van der Waals surface area contributed by atoms with E-state index in [0.29, 0.717) is 29.7 Å². The Kier molecular flexibility index (Phi) is 9.29. The van der Waals surface area contributed by atoms with Crippen molar-refractivity contribution in [2.45, 2.75) is 24.7 Å². The highest BCUT2D eigenvalue weighted by Gasteiger charge is 2.52. The molecule has 8 nitrogen and oxygen atoms in total. The van der Waals surface area contributed by atoms with Gasteiger partial charge in [0.2, 0.25) is 5.91 Å². The second kappa shape index (κ2) is 11.4. The van der Waals surface area contributed by atoms with E-state index in [0.717, 1.165) is 36.0 Å². The lowest BCUT2D eigenvalue weighted by atomic mass is 9.93. The van der Waals surface area contributed by atoms with Crippen molar-refractivity contribution in [3.63, 3.8) is 0 Å². The van der Waals surface area contributed by atoms with Gasteiger partial charge < -0.3 is 20.1 Å². The molecule has 2 aromatic carbocycles. The molecule has 1 aromatic heterocycles. The van der Waals surface area contributed by atoms with E-state index in [9.17, 15) is 9.59 Å². The molecule has 1 fully saturated rings. The number of hydrogen-bond acceptors (Lipinski definition) is 5. The number of likely N-dealkylation sites (N-methyl/N-ethyl adjacent to an activating group) is 2. The van der Waals surface area contributed by atoms with Crippen LogP contribution in [0.2, 0.25) is 0 Å². The Morgan fingerprint density at radius 3 is 2.28 bits per heavy atom. The molecule has 1 heterocycles. The van der Waals surface area contributed by atoms with Gasteiger partial charge in [0.1, 0.15) is 11.5 Å². The van der Waals surface area contributed by atoms with E-state index < -0.39 is 5.41 Å². The molecule has 1 amide bonds. The van der Waals surface area contributed by atoms with Crippen LogP contribution in [0, 0.1) is 5.41 Å². The third-order valence-corrected chi connectivity index (χ3v) is 6.72. The minimum Gasteiger partial charge on any atom is -0.384 e. The molecule has 0 unspecified atom stereocenters. The molecule has 0 spiro atoms. The van der Waals surface area contributed by atoms with Crippen LogP contribution in [0.5, 0.6) is 0 Å². The number of amidine groups is 1. The highest BCUT2D eigenvalue weighted by atomic mass is 35.5. The summed E-state index contributed by atoms with van der Waals surface area (Å²) in [4.78, 5) is 34.9. The summed E-state index contributed by atoms with van der Waals surface area (Å²) in [6.07, 6.45) is 2.03. The van der Waals surface area contributed by atoms with Gasteiger partial charge in [-0.3, -0.25) is 15.0 Å². The maximum Gasteiger partial charge on any atom is 0.272 e. The summed E-state index contributed by atoms with van der Waals surface area (Å²) in [7, 11) is 7.62. The number of nitrogens with zero attached hydrogens (tertiary/aromatic N) is 4. The predicted octanol–water partition coefficient (Wildman–Crippen LogP) is 2.70. The number of nitrogens with one attached hydrogen (secondary N) is 1. The van der Waals surface area contributed by atoms with Crippen molar-refractivity contribution in [3.8, 4) is 0 Å². The first-order valence-corrected chi connectivity index (χ1v) is 11.5. The smallest absolute Gasteiger partial charge is 0.272 e. The Labute approximate surface area is 223 Å². The van der Waals surface area contributed by atoms with Gasteiger partial charge in [-0.25, -0.2) is 4.98 Å². The minimum absolute atomic E-state index is 0. The molecule has 4 rings (SSSR count). The molecule has 0 saturated heterocycles. The molecule has 1 saturated carbocycles. The molecule has 1 aliphatic carbocycles. The second-order valence-electron chi connectivity index (χ2n) is 9.53. The van der Waals surface area contributed by atoms with Crippen molar-refractivity contribution in [1.29, 1.82) is 5.41 Å². The van der Waals surface area contributed by atoms with E-state index in [1.54, 1.807) is 23.7 Å². The average molecular weight is 534 g/mol. The van der Waals surface area contributed by atoms with Gasteiger partial charge in [0.15, 0.2) is 0 Å². The maximum absolute atomic E-state index is 13.3. The first kappa shape index (κ1) is 29.3. The Hall–Kier alpha value is -2.94. The van der Waals surface area contributed by atoms with Crippen molar-refractivity contribution in [1.82, 2.24) is 19.4 Å². The molecule has 0 aliphatic heterocycles. The lowest BCUT2D eigenvalue weighted by Gasteiger charge is -2.25. The van der Waals surface area contributed by atoms with Crippen LogP contribution in [-0.2, 0) is 23.7 Å². The summed E-state index contributed by atoms with van der Waals surface area (Å²) in [6.45, 7) is 1.50. The van der Waals surface area contributed by atoms with Crippen LogP contribution >= 0.6 is 24.8 Å². The Morgan fingerprint density at radius 1 is 1.08 bits per heavy atom. The number of halogens is 2. The van der Waals surface area contributed by atoms with E-state index in [4.69, 9.17) is 16.1 Å². The summed E-state index contributed by atoms with van der Waals surface area (Å²) in [5.74, 6) is 0.152. The Morgan fingerprint density at radius 2 is 1.72 bits per heavy atom. The number of amides is 1. The standard InChI is InChI=1S/C26H32N6O2.2ClH/c1-30(2)13-14-31(3)25(34)26(11-12-26)19-9-10-22-20(16-19)29-21(24(33)32(22)4)15-17-5-7-18(8-6-17)23(27)28;;/h5-10,16H,11-15H2,1-4H3,(H3,27,28);2*1H. The number of aryl methyl sites for hydroxylation is 1. The summed E-state index contributed by atoms with van der Waals surface area (Å²) in [6, 6.07) is 13.1. The molecule has 0 bridgehead atoms. The SMILES string of the molecule is CN(C)CCN(C)C(=O)C1(c2ccc3c(c2)nc(Cc2ccc(C(=N)N)cc2)c(=O)n3C)CC1.Cl.Cl. The molecular weight excluding hydrogens is 499 g/mol. The predicted molar refractivity (Wildman–Crippen MR) is 149 cm³/mol. The molecule has 194 valence electrons. The number of rotatable bonds is 8. The van der Waals surface area contributed by atoms with Crippen LogP contribution in [0.1, 0.15) is 35.2 Å². The van der Waals surface area contributed by atoms with Crippen molar-refractivity contribution in [2.75, 3.05) is 34.2 Å². The fourth-order valence-corrected chi connectivity index (χ4v) is 4.37. The quantitative estimate of drug-likeness (QED) is 0.342. The van der Waals surface area contributed by atoms with E-state index in [1.165, 1.54) is 0 Å². The minimum atomic E-state index is -0.492. The van der Waals surface area contributed by atoms with Crippen molar-refractivity contribution < 1.29 is 4.79 Å². The molecule has 0 radical (unpaired) electrons. The largest absolute Gasteiger partial charge is 0.384 e. The topological polar surface area (TPSA) is 108 Å². The normalized spacial score (nSPS) is 13.6. The third kappa shape index (κ3) is 5.72.